The van der Waals surface area contributed by atoms with E-state index in [9.17, 15) is 9.59 Å². The van der Waals surface area contributed by atoms with Gasteiger partial charge in [-0.2, -0.15) is 0 Å². The van der Waals surface area contributed by atoms with Gasteiger partial charge in [0.1, 0.15) is 18.2 Å². The number of aromatic nitrogens is 2. The lowest BCUT2D eigenvalue weighted by molar-refractivity contribution is 0.0689. The maximum atomic E-state index is 11.3. The van der Waals surface area contributed by atoms with Crippen molar-refractivity contribution in [3.63, 3.8) is 0 Å². The van der Waals surface area contributed by atoms with E-state index < -0.39 is 11.5 Å². The van der Waals surface area contributed by atoms with Crippen LogP contribution in [0.25, 0.3) is 0 Å². The van der Waals surface area contributed by atoms with Gasteiger partial charge >= 0.3 is 5.97 Å². The second kappa shape index (κ2) is 5.34. The average Bonchev–Trinajstić information content (AvgIpc) is 2.37. The second-order valence-electron chi connectivity index (χ2n) is 3.94. The number of rotatable bonds is 4. The van der Waals surface area contributed by atoms with Crippen LogP contribution in [0.4, 0.5) is 0 Å². The molecule has 0 atom stereocenters. The Bertz CT molecular complexity index is 664. The van der Waals surface area contributed by atoms with Crippen molar-refractivity contribution in [2.24, 2.45) is 0 Å². The van der Waals surface area contributed by atoms with Crippen molar-refractivity contribution in [1.82, 2.24) is 9.97 Å². The van der Waals surface area contributed by atoms with Gasteiger partial charge in [0, 0.05) is 6.07 Å². The molecule has 0 unspecified atom stereocenters. The maximum absolute atomic E-state index is 11.3. The van der Waals surface area contributed by atoms with E-state index in [1.54, 1.807) is 6.07 Å². The van der Waals surface area contributed by atoms with Gasteiger partial charge in [-0.05, 0) is 18.6 Å². The number of carbonyl (C=O) groups is 1. The van der Waals surface area contributed by atoms with Gasteiger partial charge in [0.25, 0.3) is 5.56 Å². The van der Waals surface area contributed by atoms with Crippen molar-refractivity contribution in [1.29, 1.82) is 0 Å². The molecule has 98 valence electrons. The van der Waals surface area contributed by atoms with E-state index in [-0.39, 0.29) is 18.1 Å². The molecule has 0 aliphatic heterocycles. The summed E-state index contributed by atoms with van der Waals surface area (Å²) >= 11 is 0. The maximum Gasteiger partial charge on any atom is 0.354 e. The number of hydrogen-bond donors (Lipinski definition) is 2. The molecular formula is C13H12N2O4. The molecule has 0 aliphatic rings. The molecule has 0 radical (unpaired) electrons. The van der Waals surface area contributed by atoms with Crippen molar-refractivity contribution in [2.45, 2.75) is 13.5 Å². The van der Waals surface area contributed by atoms with Gasteiger partial charge in [-0.15, -0.1) is 0 Å². The SMILES string of the molecule is Cc1ccccc1OCc1nc(C(=O)O)cc(=O)[nH]1. The van der Waals surface area contributed by atoms with Crippen LogP contribution in [0.15, 0.2) is 35.1 Å². The van der Waals surface area contributed by atoms with Crippen LogP contribution >= 0.6 is 0 Å². The molecule has 0 saturated heterocycles. The Morgan fingerprint density at radius 3 is 2.84 bits per heavy atom. The number of hydrogen-bond acceptors (Lipinski definition) is 4. The Hall–Kier alpha value is -2.63. The summed E-state index contributed by atoms with van der Waals surface area (Å²) in [5.74, 6) is -0.415. The van der Waals surface area contributed by atoms with Crippen LogP contribution in [0, 0.1) is 6.92 Å². The molecule has 6 heteroatoms. The average molecular weight is 260 g/mol. The number of ether oxygens (including phenoxy) is 1. The van der Waals surface area contributed by atoms with E-state index in [1.165, 1.54) is 0 Å². The zero-order valence-electron chi connectivity index (χ0n) is 10.2. The van der Waals surface area contributed by atoms with E-state index >= 15 is 0 Å². The van der Waals surface area contributed by atoms with Crippen LogP contribution in [0.2, 0.25) is 0 Å². The number of carboxylic acid groups (broad SMARTS) is 1. The molecule has 0 saturated carbocycles. The number of benzene rings is 1. The summed E-state index contributed by atoms with van der Waals surface area (Å²) in [5.41, 5.74) is 0.127. The van der Waals surface area contributed by atoms with Crippen LogP contribution in [-0.2, 0) is 6.61 Å². The minimum atomic E-state index is -1.25. The molecule has 6 nitrogen and oxygen atoms in total. The van der Waals surface area contributed by atoms with Crippen molar-refractivity contribution in [3.8, 4) is 5.75 Å². The largest absolute Gasteiger partial charge is 0.485 e. The highest BCUT2D eigenvalue weighted by Crippen LogP contribution is 2.16. The standard InChI is InChI=1S/C13H12N2O4/c1-8-4-2-3-5-10(8)19-7-11-14-9(13(17)18)6-12(16)15-11/h2-6H,7H2,1H3,(H,17,18)(H,14,15,16). The smallest absolute Gasteiger partial charge is 0.354 e. The number of aromatic amines is 1. The third-order valence-electron chi connectivity index (χ3n) is 2.47. The quantitative estimate of drug-likeness (QED) is 0.865. The summed E-state index contributed by atoms with van der Waals surface area (Å²) in [6, 6.07) is 8.31. The summed E-state index contributed by atoms with van der Waals surface area (Å²) in [5, 5.41) is 8.81. The highest BCUT2D eigenvalue weighted by Gasteiger charge is 2.08. The van der Waals surface area contributed by atoms with Crippen molar-refractivity contribution in [3.05, 3.63) is 57.8 Å². The van der Waals surface area contributed by atoms with Crippen molar-refractivity contribution < 1.29 is 14.6 Å². The fourth-order valence-electron chi connectivity index (χ4n) is 1.55. The van der Waals surface area contributed by atoms with Crippen LogP contribution in [0.5, 0.6) is 5.75 Å². The van der Waals surface area contributed by atoms with Crippen LogP contribution in [0.1, 0.15) is 21.9 Å². The van der Waals surface area contributed by atoms with Gasteiger partial charge < -0.3 is 14.8 Å². The number of nitrogens with zero attached hydrogens (tertiary/aromatic N) is 1. The molecule has 0 fully saturated rings. The molecular weight excluding hydrogens is 248 g/mol. The predicted molar refractivity (Wildman–Crippen MR) is 67.3 cm³/mol. The number of H-pyrrole nitrogens is 1. The van der Waals surface area contributed by atoms with Gasteiger partial charge in [-0.3, -0.25) is 4.79 Å². The van der Waals surface area contributed by atoms with E-state index in [1.807, 2.05) is 25.1 Å². The van der Waals surface area contributed by atoms with Crippen molar-refractivity contribution in [2.75, 3.05) is 0 Å². The molecule has 2 N–H and O–H groups in total. The third kappa shape index (κ3) is 3.19. The zero-order valence-corrected chi connectivity index (χ0v) is 10.2. The lowest BCUT2D eigenvalue weighted by atomic mass is 10.2. The van der Waals surface area contributed by atoms with Gasteiger partial charge in [0.2, 0.25) is 0 Å². The van der Waals surface area contributed by atoms with E-state index in [4.69, 9.17) is 9.84 Å². The minimum Gasteiger partial charge on any atom is -0.485 e. The Balaban J connectivity index is 2.18. The number of para-hydroxylation sites is 1. The molecule has 2 rings (SSSR count). The normalized spacial score (nSPS) is 10.2. The highest BCUT2D eigenvalue weighted by atomic mass is 16.5. The fraction of sp³-hybridized carbons (Fsp3) is 0.154. The van der Waals surface area contributed by atoms with Gasteiger partial charge in [-0.1, -0.05) is 18.2 Å². The first-order valence-corrected chi connectivity index (χ1v) is 5.58. The van der Waals surface area contributed by atoms with Crippen LogP contribution in [-0.4, -0.2) is 21.0 Å². The van der Waals surface area contributed by atoms with Gasteiger partial charge in [0.05, 0.1) is 0 Å². The molecule has 2 aromatic rings. The Kier molecular flexibility index (Phi) is 3.61. The highest BCUT2D eigenvalue weighted by molar-refractivity contribution is 5.85. The monoisotopic (exact) mass is 260 g/mol. The lowest BCUT2D eigenvalue weighted by Gasteiger charge is -2.08. The third-order valence-corrected chi connectivity index (χ3v) is 2.47. The first kappa shape index (κ1) is 12.8. The number of aromatic carboxylic acids is 1. The van der Waals surface area contributed by atoms with Crippen molar-refractivity contribution >= 4 is 5.97 Å². The summed E-state index contributed by atoms with van der Waals surface area (Å²) in [6.07, 6.45) is 0. The molecule has 1 aromatic carbocycles. The number of aryl methyl sites for hydroxylation is 1. The molecule has 1 heterocycles. The fourth-order valence-corrected chi connectivity index (χ4v) is 1.55. The van der Waals surface area contributed by atoms with E-state index in [0.29, 0.717) is 5.75 Å². The van der Waals surface area contributed by atoms with Gasteiger partial charge in [-0.25, -0.2) is 9.78 Å². The zero-order chi connectivity index (χ0) is 13.8. The van der Waals surface area contributed by atoms with E-state index in [0.717, 1.165) is 11.6 Å². The minimum absolute atomic E-state index is 0.00120. The first-order chi connectivity index (χ1) is 9.06. The predicted octanol–water partition coefficient (Wildman–Crippen LogP) is 1.36. The summed E-state index contributed by atoms with van der Waals surface area (Å²) < 4.78 is 5.49. The Morgan fingerprint density at radius 2 is 2.16 bits per heavy atom. The molecule has 1 aromatic heterocycles. The second-order valence-corrected chi connectivity index (χ2v) is 3.94. The van der Waals surface area contributed by atoms with Crippen LogP contribution < -0.4 is 10.3 Å². The molecule has 0 spiro atoms. The lowest BCUT2D eigenvalue weighted by Crippen LogP contribution is -2.17. The summed E-state index contributed by atoms with van der Waals surface area (Å²) in [6.45, 7) is 1.89. The number of carboxylic acids is 1. The molecule has 0 aliphatic carbocycles. The Morgan fingerprint density at radius 1 is 1.42 bits per heavy atom. The van der Waals surface area contributed by atoms with Crippen LogP contribution in [0.3, 0.4) is 0 Å². The molecule has 0 bridgehead atoms. The summed E-state index contributed by atoms with van der Waals surface area (Å²) in [4.78, 5) is 28.3. The Labute approximate surface area is 108 Å². The van der Waals surface area contributed by atoms with Gasteiger partial charge in [0.15, 0.2) is 5.69 Å². The molecule has 19 heavy (non-hydrogen) atoms. The molecule has 0 amide bonds. The summed E-state index contributed by atoms with van der Waals surface area (Å²) in [7, 11) is 0. The van der Waals surface area contributed by atoms with E-state index in [2.05, 4.69) is 9.97 Å². The topological polar surface area (TPSA) is 92.3 Å². The number of nitrogens with one attached hydrogen (secondary N) is 1. The first-order valence-electron chi connectivity index (χ1n) is 5.58.